The average Bonchev–Trinajstić information content (AvgIpc) is 3.15. The summed E-state index contributed by atoms with van der Waals surface area (Å²) in [6.07, 6.45) is 1.70. The predicted molar refractivity (Wildman–Crippen MR) is 127 cm³/mol. The van der Waals surface area contributed by atoms with Crippen LogP contribution in [0, 0.1) is 50.5 Å². The van der Waals surface area contributed by atoms with Gasteiger partial charge in [-0.15, -0.1) is 34.9 Å². The quantitative estimate of drug-likeness (QED) is 0.352. The summed E-state index contributed by atoms with van der Waals surface area (Å²) in [5.41, 5.74) is 6.77. The molecule has 5 rings (SSSR count). The molecule has 1 aromatic heterocycles. The Morgan fingerprint density at radius 2 is 1.56 bits per heavy atom. The number of fused-ring (bicyclic) bond motifs is 2. The Morgan fingerprint density at radius 3 is 2.16 bits per heavy atom. The fourth-order valence-corrected chi connectivity index (χ4v) is 5.66. The number of hydrogen-bond donors (Lipinski definition) is 2. The van der Waals surface area contributed by atoms with E-state index in [9.17, 15) is 10.2 Å². The van der Waals surface area contributed by atoms with E-state index in [2.05, 4.69) is 83.1 Å². The van der Waals surface area contributed by atoms with Gasteiger partial charge in [-0.25, -0.2) is 0 Å². The molecule has 2 fully saturated rings. The van der Waals surface area contributed by atoms with Crippen LogP contribution in [0.4, 0.5) is 0 Å². The molecule has 6 atom stereocenters. The second-order valence-electron chi connectivity index (χ2n) is 9.84. The minimum Gasteiger partial charge on any atom is -0.392 e. The van der Waals surface area contributed by atoms with Crippen LogP contribution in [0.25, 0.3) is 22.2 Å². The smallest absolute Gasteiger partial charge is 0.0621 e. The number of hydrogen-bond acceptors (Lipinski definition) is 3. The van der Waals surface area contributed by atoms with Crippen LogP contribution in [0.5, 0.6) is 0 Å². The second kappa shape index (κ2) is 10.1. The normalized spacial score (nSPS) is 28.6. The molecule has 2 N–H and O–H groups in total. The summed E-state index contributed by atoms with van der Waals surface area (Å²) in [5.74, 6) is 1.54. The van der Waals surface area contributed by atoms with E-state index in [0.717, 1.165) is 35.2 Å². The Bertz CT molecular complexity index is 1040. The first kappa shape index (κ1) is 25.0. The van der Waals surface area contributed by atoms with Crippen LogP contribution in [0.3, 0.4) is 0 Å². The van der Waals surface area contributed by atoms with E-state index in [1.165, 1.54) is 16.5 Å². The fourth-order valence-electron chi connectivity index (χ4n) is 5.66. The molecule has 4 heteroatoms. The van der Waals surface area contributed by atoms with E-state index in [0.29, 0.717) is 17.8 Å². The molecule has 2 aliphatic carbocycles. The third-order valence-electron chi connectivity index (χ3n) is 7.22. The molecule has 3 aromatic rings. The van der Waals surface area contributed by atoms with Gasteiger partial charge in [0.1, 0.15) is 0 Å². The van der Waals surface area contributed by atoms with Crippen molar-refractivity contribution in [3.05, 3.63) is 65.2 Å². The first-order valence-corrected chi connectivity index (χ1v) is 11.5. The first-order chi connectivity index (χ1) is 14.7. The summed E-state index contributed by atoms with van der Waals surface area (Å²) in [6.45, 7) is 10.5. The first-order valence-electron chi connectivity index (χ1n) is 11.5. The molecule has 3 nitrogen and oxygen atoms in total. The Morgan fingerprint density at radius 1 is 0.906 bits per heavy atom. The maximum Gasteiger partial charge on any atom is 0.0621 e. The largest absolute Gasteiger partial charge is 0.392 e. The van der Waals surface area contributed by atoms with Gasteiger partial charge >= 0.3 is 0 Å². The summed E-state index contributed by atoms with van der Waals surface area (Å²) >= 11 is 0. The van der Waals surface area contributed by atoms with Crippen molar-refractivity contribution in [3.63, 3.8) is 0 Å². The summed E-state index contributed by atoms with van der Waals surface area (Å²) < 4.78 is 0. The number of aliphatic hydroxyl groups is 2. The standard InChI is InChI=1S/C18H16N.C10H18O2.Ir/c1-12-9-13(2)11-15(10-12)17-8-7-16-14(3)5-4-6-18(16)19-17;1-5-3-7-4-6(2)10(12)8(7)9(5)11;/h4-10H,1-3H3;5-12H,3-4H2,1-2H3;/q-1;;/t;5-,6+,7?,8?,9?,10?;. The van der Waals surface area contributed by atoms with Crippen molar-refractivity contribution in [1.82, 2.24) is 4.98 Å². The molecular formula is C28H34IrNO2-. The summed E-state index contributed by atoms with van der Waals surface area (Å²) in [7, 11) is 0. The molecule has 173 valence electrons. The Hall–Kier alpha value is -1.58. The molecule has 0 aliphatic heterocycles. The average molecular weight is 609 g/mol. The van der Waals surface area contributed by atoms with Crippen molar-refractivity contribution < 1.29 is 30.3 Å². The number of pyridine rings is 1. The molecule has 0 saturated heterocycles. The van der Waals surface area contributed by atoms with E-state index in [4.69, 9.17) is 4.98 Å². The third-order valence-corrected chi connectivity index (χ3v) is 7.22. The minimum atomic E-state index is -0.255. The zero-order valence-electron chi connectivity index (χ0n) is 19.6. The zero-order valence-corrected chi connectivity index (χ0v) is 22.0. The third kappa shape index (κ3) is 4.99. The van der Waals surface area contributed by atoms with Gasteiger partial charge in [0, 0.05) is 31.4 Å². The van der Waals surface area contributed by atoms with Crippen molar-refractivity contribution in [2.24, 2.45) is 23.7 Å². The summed E-state index contributed by atoms with van der Waals surface area (Å²) in [5, 5.41) is 20.8. The van der Waals surface area contributed by atoms with Crippen molar-refractivity contribution >= 4 is 10.9 Å². The summed E-state index contributed by atoms with van der Waals surface area (Å²) in [4.78, 5) is 4.76. The van der Waals surface area contributed by atoms with Crippen LogP contribution in [0.1, 0.15) is 43.4 Å². The van der Waals surface area contributed by atoms with Gasteiger partial charge in [0.15, 0.2) is 0 Å². The van der Waals surface area contributed by atoms with Crippen LogP contribution in [0.15, 0.2) is 42.5 Å². The zero-order chi connectivity index (χ0) is 22.3. The van der Waals surface area contributed by atoms with Crippen LogP contribution in [0.2, 0.25) is 0 Å². The number of aromatic nitrogens is 1. The van der Waals surface area contributed by atoms with Crippen molar-refractivity contribution in [3.8, 4) is 11.3 Å². The maximum atomic E-state index is 9.80. The van der Waals surface area contributed by atoms with E-state index in [1.807, 2.05) is 0 Å². The van der Waals surface area contributed by atoms with Crippen LogP contribution < -0.4 is 0 Å². The van der Waals surface area contributed by atoms with Crippen LogP contribution >= 0.6 is 0 Å². The molecule has 32 heavy (non-hydrogen) atoms. The van der Waals surface area contributed by atoms with Gasteiger partial charge in [-0.05, 0) is 54.8 Å². The molecule has 0 amide bonds. The van der Waals surface area contributed by atoms with E-state index in [1.54, 1.807) is 0 Å². The molecule has 2 saturated carbocycles. The number of nitrogens with zero attached hydrogens (tertiary/aromatic N) is 1. The van der Waals surface area contributed by atoms with Gasteiger partial charge in [0.2, 0.25) is 0 Å². The van der Waals surface area contributed by atoms with Gasteiger partial charge in [-0.2, -0.15) is 0 Å². The maximum absolute atomic E-state index is 9.80. The Kier molecular flexibility index (Phi) is 7.93. The molecule has 0 bridgehead atoms. The van der Waals surface area contributed by atoms with Gasteiger partial charge in [0.25, 0.3) is 0 Å². The van der Waals surface area contributed by atoms with Crippen molar-refractivity contribution in [1.29, 1.82) is 0 Å². The van der Waals surface area contributed by atoms with Crippen molar-refractivity contribution in [2.75, 3.05) is 0 Å². The summed E-state index contributed by atoms with van der Waals surface area (Å²) in [6, 6.07) is 18.1. The predicted octanol–water partition coefficient (Wildman–Crippen LogP) is 5.64. The molecular weight excluding hydrogens is 575 g/mol. The van der Waals surface area contributed by atoms with Crippen LogP contribution in [-0.2, 0) is 20.1 Å². The molecule has 1 radical (unpaired) electrons. The van der Waals surface area contributed by atoms with E-state index >= 15 is 0 Å². The SMILES string of the molecule is C[C@@H]1CC2C[C@H](C)C(O)C2C1O.Cc1[c-]c(-c2ccc3c(C)cccc3n2)cc(C)c1.[Ir]. The van der Waals surface area contributed by atoms with Gasteiger partial charge < -0.3 is 10.2 Å². The molecule has 4 unspecified atom stereocenters. The number of rotatable bonds is 1. The second-order valence-corrected chi connectivity index (χ2v) is 9.84. The number of aryl methyl sites for hydroxylation is 3. The molecule has 2 aliphatic rings. The molecule has 1 heterocycles. The van der Waals surface area contributed by atoms with Crippen LogP contribution in [-0.4, -0.2) is 27.4 Å². The topological polar surface area (TPSA) is 53.4 Å². The number of benzene rings is 2. The Balaban J connectivity index is 0.000000193. The van der Waals surface area contributed by atoms with E-state index in [-0.39, 0.29) is 38.2 Å². The van der Waals surface area contributed by atoms with Gasteiger partial charge in [-0.3, -0.25) is 4.98 Å². The fraction of sp³-hybridized carbons (Fsp3) is 0.464. The van der Waals surface area contributed by atoms with Gasteiger partial charge in [0.05, 0.1) is 17.7 Å². The Labute approximate surface area is 205 Å². The number of aliphatic hydroxyl groups excluding tert-OH is 2. The van der Waals surface area contributed by atoms with Gasteiger partial charge in [-0.1, -0.05) is 52.0 Å². The van der Waals surface area contributed by atoms with E-state index < -0.39 is 0 Å². The molecule has 0 spiro atoms. The van der Waals surface area contributed by atoms with Crippen molar-refractivity contribution in [2.45, 2.75) is 59.7 Å². The minimum absolute atomic E-state index is 0. The monoisotopic (exact) mass is 609 g/mol. The molecule has 2 aromatic carbocycles.